The summed E-state index contributed by atoms with van der Waals surface area (Å²) in [5.74, 6) is 0.945. The smallest absolute Gasteiger partial charge is 0.251 e. The van der Waals surface area contributed by atoms with E-state index in [9.17, 15) is 13.2 Å². The van der Waals surface area contributed by atoms with Gasteiger partial charge in [-0.3, -0.25) is 4.79 Å². The maximum absolute atomic E-state index is 12.8. The topological polar surface area (TPSA) is 123 Å². The van der Waals surface area contributed by atoms with E-state index in [0.29, 0.717) is 31.1 Å². The van der Waals surface area contributed by atoms with Crippen LogP contribution in [0.25, 0.3) is 0 Å². The molecule has 2 N–H and O–H groups in total. The Hall–Kier alpha value is -2.46. The number of nitrogens with zero attached hydrogens (tertiary/aromatic N) is 2. The van der Waals surface area contributed by atoms with E-state index in [1.807, 2.05) is 0 Å². The maximum Gasteiger partial charge on any atom is 0.251 e. The first-order chi connectivity index (χ1) is 13.9. The standard InChI is InChI=1S/C19H26N4O5S/c1-13-21-18(28-22-13)8-5-11-20-19(24)14-9-10-16(27-2)17(12-14)29(25,26)23-15-6-3-4-7-15/h9-10,12,15,23H,3-8,11H2,1-2H3,(H,20,24). The van der Waals surface area contributed by atoms with Crippen LogP contribution >= 0.6 is 0 Å². The Morgan fingerprint density at radius 2 is 2.07 bits per heavy atom. The quantitative estimate of drug-likeness (QED) is 0.592. The molecule has 1 aliphatic carbocycles. The Kier molecular flexibility index (Phi) is 6.86. The second-order valence-corrected chi connectivity index (χ2v) is 8.75. The van der Waals surface area contributed by atoms with Gasteiger partial charge >= 0.3 is 0 Å². The molecule has 0 atom stereocenters. The molecule has 0 aliphatic heterocycles. The lowest BCUT2D eigenvalue weighted by molar-refractivity contribution is 0.0952. The second-order valence-electron chi connectivity index (χ2n) is 7.06. The summed E-state index contributed by atoms with van der Waals surface area (Å²) in [7, 11) is -2.38. The third kappa shape index (κ3) is 5.54. The lowest BCUT2D eigenvalue weighted by Gasteiger charge is -2.15. The van der Waals surface area contributed by atoms with Crippen LogP contribution in [0.15, 0.2) is 27.6 Å². The summed E-state index contributed by atoms with van der Waals surface area (Å²) >= 11 is 0. The Bertz CT molecular complexity index is 951. The lowest BCUT2D eigenvalue weighted by atomic mass is 10.2. The Balaban J connectivity index is 1.64. The molecule has 0 bridgehead atoms. The summed E-state index contributed by atoms with van der Waals surface area (Å²) in [5.41, 5.74) is 0.256. The fourth-order valence-corrected chi connectivity index (χ4v) is 4.84. The molecule has 1 aromatic heterocycles. The Morgan fingerprint density at radius 3 is 2.72 bits per heavy atom. The van der Waals surface area contributed by atoms with Gasteiger partial charge < -0.3 is 14.6 Å². The van der Waals surface area contributed by atoms with E-state index < -0.39 is 10.0 Å². The number of amides is 1. The highest BCUT2D eigenvalue weighted by atomic mass is 32.2. The molecule has 0 saturated heterocycles. The van der Waals surface area contributed by atoms with Crippen LogP contribution in [0.5, 0.6) is 5.75 Å². The van der Waals surface area contributed by atoms with Crippen LogP contribution in [0.1, 0.15) is 54.2 Å². The average molecular weight is 423 g/mol. The van der Waals surface area contributed by atoms with Crippen LogP contribution in [0.4, 0.5) is 0 Å². The number of methoxy groups -OCH3 is 1. The van der Waals surface area contributed by atoms with Crippen LogP contribution in [0, 0.1) is 6.92 Å². The van der Waals surface area contributed by atoms with E-state index in [4.69, 9.17) is 9.26 Å². The number of aromatic nitrogens is 2. The number of sulfonamides is 1. The summed E-state index contributed by atoms with van der Waals surface area (Å²) < 4.78 is 38.6. The van der Waals surface area contributed by atoms with Crippen molar-refractivity contribution in [3.05, 3.63) is 35.5 Å². The first-order valence-corrected chi connectivity index (χ1v) is 11.1. The zero-order chi connectivity index (χ0) is 20.9. The minimum absolute atomic E-state index is 0.0270. The molecule has 2 aromatic rings. The van der Waals surface area contributed by atoms with Gasteiger partial charge in [0.2, 0.25) is 15.9 Å². The molecule has 1 saturated carbocycles. The molecule has 1 aromatic carbocycles. The SMILES string of the molecule is COc1ccc(C(=O)NCCCc2nc(C)no2)cc1S(=O)(=O)NC1CCCC1. The second kappa shape index (κ2) is 9.36. The van der Waals surface area contributed by atoms with Gasteiger partial charge in [0.25, 0.3) is 5.91 Å². The van der Waals surface area contributed by atoms with Gasteiger partial charge in [0, 0.05) is 24.6 Å². The summed E-state index contributed by atoms with van der Waals surface area (Å²) in [5, 5.41) is 6.50. The minimum atomic E-state index is -3.78. The van der Waals surface area contributed by atoms with E-state index >= 15 is 0 Å². The van der Waals surface area contributed by atoms with Gasteiger partial charge in [-0.15, -0.1) is 0 Å². The van der Waals surface area contributed by atoms with Crippen LogP contribution in [-0.2, 0) is 16.4 Å². The van der Waals surface area contributed by atoms with Crippen molar-refractivity contribution >= 4 is 15.9 Å². The number of benzene rings is 1. The molecule has 9 nitrogen and oxygen atoms in total. The fraction of sp³-hybridized carbons (Fsp3) is 0.526. The molecule has 0 unspecified atom stereocenters. The van der Waals surface area contributed by atoms with Crippen molar-refractivity contribution in [1.29, 1.82) is 0 Å². The van der Waals surface area contributed by atoms with Gasteiger partial charge in [0.05, 0.1) is 7.11 Å². The summed E-state index contributed by atoms with van der Waals surface area (Å²) in [6, 6.07) is 4.33. The van der Waals surface area contributed by atoms with Crippen molar-refractivity contribution in [3.8, 4) is 5.75 Å². The largest absolute Gasteiger partial charge is 0.495 e. The zero-order valence-corrected chi connectivity index (χ0v) is 17.4. The zero-order valence-electron chi connectivity index (χ0n) is 16.6. The molecule has 1 amide bonds. The van der Waals surface area contributed by atoms with Crippen LogP contribution < -0.4 is 14.8 Å². The van der Waals surface area contributed by atoms with Crippen LogP contribution in [0.3, 0.4) is 0 Å². The van der Waals surface area contributed by atoms with Crippen molar-refractivity contribution in [1.82, 2.24) is 20.2 Å². The van der Waals surface area contributed by atoms with Gasteiger partial charge in [0.1, 0.15) is 10.6 Å². The molecule has 0 radical (unpaired) electrons. The van der Waals surface area contributed by atoms with Crippen molar-refractivity contribution in [3.63, 3.8) is 0 Å². The molecule has 3 rings (SSSR count). The van der Waals surface area contributed by atoms with Crippen molar-refractivity contribution in [2.45, 2.75) is 56.4 Å². The number of carbonyl (C=O) groups is 1. The monoisotopic (exact) mass is 422 g/mol. The highest BCUT2D eigenvalue weighted by Gasteiger charge is 2.26. The van der Waals surface area contributed by atoms with Gasteiger partial charge in [-0.25, -0.2) is 13.1 Å². The molecule has 1 fully saturated rings. The van der Waals surface area contributed by atoms with E-state index in [-0.39, 0.29) is 28.2 Å². The first kappa shape index (κ1) is 21.3. The maximum atomic E-state index is 12.8. The number of rotatable bonds is 9. The number of ether oxygens (including phenoxy) is 1. The van der Waals surface area contributed by atoms with E-state index in [2.05, 4.69) is 20.2 Å². The van der Waals surface area contributed by atoms with Crippen molar-refractivity contribution < 1.29 is 22.5 Å². The van der Waals surface area contributed by atoms with E-state index in [1.165, 1.54) is 19.2 Å². The lowest BCUT2D eigenvalue weighted by Crippen LogP contribution is -2.33. The van der Waals surface area contributed by atoms with Crippen LogP contribution in [0.2, 0.25) is 0 Å². The Morgan fingerprint density at radius 1 is 1.31 bits per heavy atom. The third-order valence-corrected chi connectivity index (χ3v) is 6.36. The number of hydrogen-bond acceptors (Lipinski definition) is 7. The van der Waals surface area contributed by atoms with E-state index in [0.717, 1.165) is 25.7 Å². The molecule has 10 heteroatoms. The van der Waals surface area contributed by atoms with Crippen molar-refractivity contribution in [2.24, 2.45) is 0 Å². The molecule has 1 heterocycles. The van der Waals surface area contributed by atoms with Gasteiger partial charge in [-0.1, -0.05) is 18.0 Å². The minimum Gasteiger partial charge on any atom is -0.495 e. The normalized spacial score (nSPS) is 14.8. The Labute approximate surface area is 170 Å². The predicted octanol–water partition coefficient (Wildman–Crippen LogP) is 1.97. The van der Waals surface area contributed by atoms with Crippen molar-refractivity contribution in [2.75, 3.05) is 13.7 Å². The molecular formula is C19H26N4O5S. The summed E-state index contributed by atoms with van der Waals surface area (Å²) in [4.78, 5) is 16.5. The molecule has 0 spiro atoms. The van der Waals surface area contributed by atoms with E-state index in [1.54, 1.807) is 13.0 Å². The number of nitrogens with one attached hydrogen (secondary N) is 2. The summed E-state index contributed by atoms with van der Waals surface area (Å²) in [6.45, 7) is 2.14. The van der Waals surface area contributed by atoms with Gasteiger partial charge in [0.15, 0.2) is 5.82 Å². The molecule has 29 heavy (non-hydrogen) atoms. The first-order valence-electron chi connectivity index (χ1n) is 9.67. The molecule has 1 aliphatic rings. The highest BCUT2D eigenvalue weighted by Crippen LogP contribution is 2.27. The van der Waals surface area contributed by atoms with Gasteiger partial charge in [-0.2, -0.15) is 4.98 Å². The highest BCUT2D eigenvalue weighted by molar-refractivity contribution is 7.89. The number of carbonyl (C=O) groups excluding carboxylic acids is 1. The van der Waals surface area contributed by atoms with Gasteiger partial charge in [-0.05, 0) is 44.4 Å². The number of aryl methyl sites for hydroxylation is 2. The predicted molar refractivity (Wildman–Crippen MR) is 105 cm³/mol. The third-order valence-electron chi connectivity index (χ3n) is 4.81. The molecule has 158 valence electrons. The fourth-order valence-electron chi connectivity index (χ4n) is 3.34. The summed E-state index contributed by atoms with van der Waals surface area (Å²) in [6.07, 6.45) is 4.83. The average Bonchev–Trinajstić information content (AvgIpc) is 3.35. The number of hydrogen-bond donors (Lipinski definition) is 2. The molecular weight excluding hydrogens is 396 g/mol. The van der Waals surface area contributed by atoms with Crippen LogP contribution in [-0.4, -0.2) is 44.2 Å².